The maximum absolute atomic E-state index is 4.32. The normalized spacial score (nSPS) is 12.6. The predicted octanol–water partition coefficient (Wildman–Crippen LogP) is 3.75. The van der Waals surface area contributed by atoms with Gasteiger partial charge in [0.2, 0.25) is 0 Å². The first-order valence-corrected chi connectivity index (χ1v) is 7.03. The van der Waals surface area contributed by atoms with E-state index in [9.17, 15) is 0 Å². The van der Waals surface area contributed by atoms with Gasteiger partial charge in [-0.05, 0) is 38.2 Å². The Balaban J connectivity index is 2.08. The summed E-state index contributed by atoms with van der Waals surface area (Å²) in [6, 6.07) is 17.1. The van der Waals surface area contributed by atoms with Crippen molar-refractivity contribution in [3.63, 3.8) is 0 Å². The lowest BCUT2D eigenvalue weighted by molar-refractivity contribution is 0.893. The number of hydrogen-bond donors (Lipinski definition) is 0. The van der Waals surface area contributed by atoms with Gasteiger partial charge in [0.1, 0.15) is 5.52 Å². The third-order valence-electron chi connectivity index (χ3n) is 4.37. The fourth-order valence-electron chi connectivity index (χ4n) is 3.49. The molecule has 0 amide bonds. The van der Waals surface area contributed by atoms with Crippen molar-refractivity contribution in [2.75, 3.05) is 0 Å². The van der Waals surface area contributed by atoms with Crippen LogP contribution in [-0.2, 0) is 6.42 Å². The van der Waals surface area contributed by atoms with Gasteiger partial charge in [-0.3, -0.25) is 0 Å². The van der Waals surface area contributed by atoms with E-state index in [2.05, 4.69) is 63.9 Å². The second-order valence-electron chi connectivity index (χ2n) is 5.43. The molecule has 0 fully saturated rings. The van der Waals surface area contributed by atoms with Crippen molar-refractivity contribution in [3.05, 3.63) is 65.9 Å². The maximum atomic E-state index is 4.32. The minimum Gasteiger partial charge on any atom is -0.138 e. The van der Waals surface area contributed by atoms with Gasteiger partial charge in [0.15, 0.2) is 0 Å². The Morgan fingerprint density at radius 2 is 1.62 bits per heavy atom. The van der Waals surface area contributed by atoms with Crippen LogP contribution < -0.4 is 0 Å². The first-order valence-electron chi connectivity index (χ1n) is 7.03. The summed E-state index contributed by atoms with van der Waals surface area (Å²) < 4.78 is 0. The summed E-state index contributed by atoms with van der Waals surface area (Å²) in [5, 5.41) is 15.7. The zero-order chi connectivity index (χ0) is 13.8. The van der Waals surface area contributed by atoms with E-state index >= 15 is 0 Å². The molecule has 0 bridgehead atoms. The van der Waals surface area contributed by atoms with Crippen LogP contribution in [0, 0.1) is 0 Å². The van der Waals surface area contributed by atoms with Crippen molar-refractivity contribution in [2.24, 2.45) is 0 Å². The van der Waals surface area contributed by atoms with E-state index in [1.807, 2.05) is 6.20 Å². The molecule has 1 aliphatic rings. The third kappa shape index (κ3) is 1.35. The van der Waals surface area contributed by atoms with Gasteiger partial charge in [-0.25, -0.2) is 0 Å². The summed E-state index contributed by atoms with van der Waals surface area (Å²) in [7, 11) is 0. The van der Waals surface area contributed by atoms with E-state index in [1.165, 1.54) is 33.0 Å². The molecule has 3 nitrogen and oxygen atoms in total. The molecule has 0 N–H and O–H groups in total. The van der Waals surface area contributed by atoms with Gasteiger partial charge < -0.3 is 0 Å². The lowest BCUT2D eigenvalue weighted by Crippen LogP contribution is -1.94. The summed E-state index contributed by atoms with van der Waals surface area (Å²) in [6.45, 7) is 0. The molecule has 3 heteroatoms. The van der Waals surface area contributed by atoms with Crippen LogP contribution in [0.2, 0.25) is 0 Å². The maximum Gasteiger partial charge on any atom is 0.101 e. The quantitative estimate of drug-likeness (QED) is 0.402. The molecule has 0 spiro atoms. The molecule has 0 aliphatic heterocycles. The van der Waals surface area contributed by atoms with Crippen LogP contribution in [0.25, 0.3) is 32.8 Å². The minimum absolute atomic E-state index is 0.922. The molecular weight excluding hydrogens is 258 g/mol. The van der Waals surface area contributed by atoms with Crippen molar-refractivity contribution in [1.29, 1.82) is 0 Å². The molecule has 3 aromatic carbocycles. The number of benzene rings is 3. The molecule has 0 saturated heterocycles. The molecule has 1 aromatic heterocycles. The Morgan fingerprint density at radius 3 is 2.57 bits per heavy atom. The van der Waals surface area contributed by atoms with E-state index in [0.29, 0.717) is 0 Å². The molecule has 1 heterocycles. The van der Waals surface area contributed by atoms with Gasteiger partial charge in [-0.1, -0.05) is 48.5 Å². The first-order chi connectivity index (χ1) is 10.4. The second kappa shape index (κ2) is 3.85. The topological polar surface area (TPSA) is 38.7 Å². The minimum atomic E-state index is 0.922. The highest BCUT2D eigenvalue weighted by Gasteiger charge is 2.24. The Morgan fingerprint density at radius 1 is 0.810 bits per heavy atom. The summed E-state index contributed by atoms with van der Waals surface area (Å²) in [5.74, 6) is 0. The summed E-state index contributed by atoms with van der Waals surface area (Å²) >= 11 is 0. The molecule has 0 saturated carbocycles. The molecule has 1 aliphatic carbocycles. The Labute approximate surface area is 121 Å². The molecule has 0 atom stereocenters. The zero-order valence-corrected chi connectivity index (χ0v) is 11.2. The highest BCUT2D eigenvalue weighted by Crippen LogP contribution is 2.44. The van der Waals surface area contributed by atoms with Crippen molar-refractivity contribution >= 4 is 21.7 Å². The van der Waals surface area contributed by atoms with Crippen LogP contribution in [0.1, 0.15) is 11.1 Å². The average Bonchev–Trinajstić information content (AvgIpc) is 2.95. The van der Waals surface area contributed by atoms with E-state index in [1.54, 1.807) is 0 Å². The number of rotatable bonds is 0. The number of nitrogens with zero attached hydrogens (tertiary/aromatic N) is 3. The number of fused-ring (bicyclic) bond motifs is 8. The molecule has 5 rings (SSSR count). The molecular formula is C18H11N3. The monoisotopic (exact) mass is 269 g/mol. The largest absolute Gasteiger partial charge is 0.138 e. The standard InChI is InChI=1S/C18H11N3/c1-2-6-12-11(5-1)9-15-17(12)14-8-4-3-7-13(14)16-10-19-21-20-18(15)16/h1-8,10H,9H2. The predicted molar refractivity (Wildman–Crippen MR) is 83.1 cm³/mol. The molecule has 0 radical (unpaired) electrons. The van der Waals surface area contributed by atoms with E-state index in [0.717, 1.165) is 17.3 Å². The fraction of sp³-hybridized carbons (Fsp3) is 0.0556. The van der Waals surface area contributed by atoms with Crippen LogP contribution in [0.15, 0.2) is 54.7 Å². The van der Waals surface area contributed by atoms with Gasteiger partial charge in [0.05, 0.1) is 6.20 Å². The first kappa shape index (κ1) is 10.9. The van der Waals surface area contributed by atoms with Gasteiger partial charge in [-0.15, -0.1) is 10.2 Å². The summed E-state index contributed by atoms with van der Waals surface area (Å²) in [5.41, 5.74) is 6.26. The van der Waals surface area contributed by atoms with E-state index in [4.69, 9.17) is 0 Å². The summed E-state index contributed by atoms with van der Waals surface area (Å²) in [4.78, 5) is 0. The van der Waals surface area contributed by atoms with Crippen LogP contribution in [-0.4, -0.2) is 15.4 Å². The molecule has 0 unspecified atom stereocenters. The highest BCUT2D eigenvalue weighted by molar-refractivity contribution is 6.15. The Hall–Kier alpha value is -2.81. The molecule has 98 valence electrons. The van der Waals surface area contributed by atoms with Crippen molar-refractivity contribution < 1.29 is 0 Å². The van der Waals surface area contributed by atoms with Crippen LogP contribution in [0.4, 0.5) is 0 Å². The number of hydrogen-bond acceptors (Lipinski definition) is 3. The Kier molecular flexibility index (Phi) is 2.00. The summed E-state index contributed by atoms with van der Waals surface area (Å²) in [6.07, 6.45) is 2.75. The second-order valence-corrected chi connectivity index (χ2v) is 5.43. The van der Waals surface area contributed by atoms with Crippen LogP contribution in [0.5, 0.6) is 0 Å². The zero-order valence-electron chi connectivity index (χ0n) is 11.2. The van der Waals surface area contributed by atoms with Crippen molar-refractivity contribution in [2.45, 2.75) is 6.42 Å². The highest BCUT2D eigenvalue weighted by atomic mass is 15.3. The SMILES string of the molecule is c1ccc2c(c1)Cc1c-2c2ccccc2c2cnnnc12. The van der Waals surface area contributed by atoms with Gasteiger partial charge in [0, 0.05) is 11.8 Å². The Bertz CT molecular complexity index is 1020. The average molecular weight is 269 g/mol. The third-order valence-corrected chi connectivity index (χ3v) is 4.37. The lowest BCUT2D eigenvalue weighted by atomic mass is 9.95. The lowest BCUT2D eigenvalue weighted by Gasteiger charge is -2.10. The smallest absolute Gasteiger partial charge is 0.101 e. The van der Waals surface area contributed by atoms with Gasteiger partial charge in [-0.2, -0.15) is 0 Å². The van der Waals surface area contributed by atoms with E-state index < -0.39 is 0 Å². The molecule has 21 heavy (non-hydrogen) atoms. The van der Waals surface area contributed by atoms with E-state index in [-0.39, 0.29) is 0 Å². The molecule has 4 aromatic rings. The van der Waals surface area contributed by atoms with Crippen LogP contribution >= 0.6 is 0 Å². The number of aromatic nitrogens is 3. The van der Waals surface area contributed by atoms with Crippen molar-refractivity contribution in [3.8, 4) is 11.1 Å². The van der Waals surface area contributed by atoms with Gasteiger partial charge in [0.25, 0.3) is 0 Å². The van der Waals surface area contributed by atoms with Crippen LogP contribution in [0.3, 0.4) is 0 Å². The fourth-order valence-corrected chi connectivity index (χ4v) is 3.49. The van der Waals surface area contributed by atoms with Gasteiger partial charge >= 0.3 is 0 Å². The van der Waals surface area contributed by atoms with Crippen molar-refractivity contribution in [1.82, 2.24) is 15.4 Å².